The molecule has 1 aromatic carbocycles. The molecule has 0 radical (unpaired) electrons. The third kappa shape index (κ3) is 2.89. The summed E-state index contributed by atoms with van der Waals surface area (Å²) in [6.07, 6.45) is 1.75. The molecular weight excluding hydrogens is 294 g/mol. The summed E-state index contributed by atoms with van der Waals surface area (Å²) in [5, 5.41) is 14.2. The smallest absolute Gasteiger partial charge is 0.267 e. The summed E-state index contributed by atoms with van der Waals surface area (Å²) < 4.78 is 0. The number of aromatic amines is 1. The lowest BCUT2D eigenvalue weighted by molar-refractivity contribution is -0.110. The maximum absolute atomic E-state index is 12.1. The fourth-order valence-corrected chi connectivity index (χ4v) is 2.54. The Morgan fingerprint density at radius 2 is 2.13 bits per heavy atom. The van der Waals surface area contributed by atoms with Crippen LogP contribution in [0.5, 0.6) is 0 Å². The van der Waals surface area contributed by atoms with Gasteiger partial charge < -0.3 is 20.7 Å². The van der Waals surface area contributed by atoms with Crippen molar-refractivity contribution in [3.63, 3.8) is 0 Å². The van der Waals surface area contributed by atoms with Crippen molar-refractivity contribution in [1.29, 1.82) is 0 Å². The Morgan fingerprint density at radius 1 is 1.35 bits per heavy atom. The number of aliphatic hydroxyl groups excluding tert-OH is 1. The highest BCUT2D eigenvalue weighted by atomic mass is 16.3. The maximum Gasteiger partial charge on any atom is 0.267 e. The van der Waals surface area contributed by atoms with E-state index in [1.54, 1.807) is 12.1 Å². The van der Waals surface area contributed by atoms with Gasteiger partial charge in [-0.1, -0.05) is 18.2 Å². The third-order valence-electron chi connectivity index (χ3n) is 3.70. The van der Waals surface area contributed by atoms with Crippen LogP contribution < -0.4 is 10.6 Å². The summed E-state index contributed by atoms with van der Waals surface area (Å²) in [6.45, 7) is 1.95. The molecule has 23 heavy (non-hydrogen) atoms. The second-order valence-corrected chi connectivity index (χ2v) is 5.32. The molecule has 2 heterocycles. The molecule has 3 rings (SSSR count). The van der Waals surface area contributed by atoms with Crippen LogP contribution in [0.3, 0.4) is 0 Å². The summed E-state index contributed by atoms with van der Waals surface area (Å²) >= 11 is 0. The average Bonchev–Trinajstić information content (AvgIpc) is 3.06. The zero-order valence-corrected chi connectivity index (χ0v) is 12.6. The van der Waals surface area contributed by atoms with Crippen molar-refractivity contribution >= 4 is 29.2 Å². The van der Waals surface area contributed by atoms with Crippen molar-refractivity contribution in [1.82, 2.24) is 10.3 Å². The SMILES string of the molecule is Cc1cc(C(=O)NCCO)[nH]c1/C=C1\C(=O)Nc2ccccc21. The van der Waals surface area contributed by atoms with E-state index in [4.69, 9.17) is 5.11 Å². The number of aromatic nitrogens is 1. The molecule has 0 fully saturated rings. The quantitative estimate of drug-likeness (QED) is 0.645. The number of H-pyrrole nitrogens is 1. The van der Waals surface area contributed by atoms with Gasteiger partial charge in [-0.3, -0.25) is 9.59 Å². The number of benzene rings is 1. The minimum absolute atomic E-state index is 0.112. The van der Waals surface area contributed by atoms with Crippen LogP contribution in [0.15, 0.2) is 30.3 Å². The molecule has 2 aromatic rings. The summed E-state index contributed by atoms with van der Waals surface area (Å²) in [5.74, 6) is -0.449. The molecule has 0 aliphatic carbocycles. The standard InChI is InChI=1S/C17H17N3O3/c1-10-8-15(17(23)18-6-7-21)19-14(10)9-12-11-4-2-3-5-13(11)20-16(12)22/h2-5,8-9,19,21H,6-7H2,1H3,(H,18,23)(H,20,22)/b12-9-. The van der Waals surface area contributed by atoms with Gasteiger partial charge in [0.2, 0.25) is 0 Å². The predicted molar refractivity (Wildman–Crippen MR) is 87.9 cm³/mol. The zero-order valence-electron chi connectivity index (χ0n) is 12.6. The number of amides is 2. The first-order chi connectivity index (χ1) is 11.1. The van der Waals surface area contributed by atoms with Crippen LogP contribution in [-0.2, 0) is 4.79 Å². The number of carbonyl (C=O) groups excluding carboxylic acids is 2. The first-order valence-corrected chi connectivity index (χ1v) is 7.31. The largest absolute Gasteiger partial charge is 0.395 e. The number of anilines is 1. The van der Waals surface area contributed by atoms with Gasteiger partial charge in [0, 0.05) is 23.5 Å². The van der Waals surface area contributed by atoms with Crippen LogP contribution in [-0.4, -0.2) is 35.1 Å². The van der Waals surface area contributed by atoms with Gasteiger partial charge in [0.1, 0.15) is 5.69 Å². The van der Waals surface area contributed by atoms with Crippen molar-refractivity contribution in [2.75, 3.05) is 18.5 Å². The molecule has 1 aliphatic heterocycles. The van der Waals surface area contributed by atoms with Crippen molar-refractivity contribution in [3.05, 3.63) is 52.8 Å². The highest BCUT2D eigenvalue weighted by Gasteiger charge is 2.24. The Bertz CT molecular complexity index is 805. The minimum atomic E-state index is -0.289. The van der Waals surface area contributed by atoms with E-state index in [1.807, 2.05) is 31.2 Å². The lowest BCUT2D eigenvalue weighted by atomic mass is 10.1. The maximum atomic E-state index is 12.1. The van der Waals surface area contributed by atoms with E-state index in [-0.39, 0.29) is 25.0 Å². The fourth-order valence-electron chi connectivity index (χ4n) is 2.54. The molecule has 0 spiro atoms. The number of fused-ring (bicyclic) bond motifs is 1. The Kier molecular flexibility index (Phi) is 3.99. The van der Waals surface area contributed by atoms with Crippen molar-refractivity contribution in [2.24, 2.45) is 0 Å². The summed E-state index contributed by atoms with van der Waals surface area (Å²) in [7, 11) is 0. The topological polar surface area (TPSA) is 94.2 Å². The van der Waals surface area contributed by atoms with Crippen LogP contribution in [0.2, 0.25) is 0 Å². The van der Waals surface area contributed by atoms with Gasteiger partial charge in [-0.2, -0.15) is 0 Å². The first-order valence-electron chi connectivity index (χ1n) is 7.31. The number of hydrogen-bond acceptors (Lipinski definition) is 3. The minimum Gasteiger partial charge on any atom is -0.395 e. The van der Waals surface area contributed by atoms with E-state index >= 15 is 0 Å². The first kappa shape index (κ1) is 15.1. The van der Waals surface area contributed by atoms with E-state index in [0.29, 0.717) is 17.0 Å². The van der Waals surface area contributed by atoms with Crippen LogP contribution in [0.4, 0.5) is 5.69 Å². The molecule has 1 aromatic heterocycles. The average molecular weight is 311 g/mol. The predicted octanol–water partition coefficient (Wildman–Crippen LogP) is 1.54. The highest BCUT2D eigenvalue weighted by Crippen LogP contribution is 2.32. The zero-order chi connectivity index (χ0) is 16.4. The number of para-hydroxylation sites is 1. The van der Waals surface area contributed by atoms with Crippen LogP contribution in [0.1, 0.15) is 27.3 Å². The molecule has 0 saturated carbocycles. The van der Waals surface area contributed by atoms with Crippen LogP contribution in [0.25, 0.3) is 11.6 Å². The van der Waals surface area contributed by atoms with E-state index in [2.05, 4.69) is 15.6 Å². The monoisotopic (exact) mass is 311 g/mol. The van der Waals surface area contributed by atoms with Gasteiger partial charge in [-0.15, -0.1) is 0 Å². The lowest BCUT2D eigenvalue weighted by Crippen LogP contribution is -2.26. The number of aryl methyl sites for hydroxylation is 1. The lowest BCUT2D eigenvalue weighted by Gasteiger charge is -2.00. The molecule has 4 N–H and O–H groups in total. The third-order valence-corrected chi connectivity index (χ3v) is 3.70. The molecule has 6 nitrogen and oxygen atoms in total. The van der Waals surface area contributed by atoms with Gasteiger partial charge in [0.05, 0.1) is 12.2 Å². The molecule has 0 saturated heterocycles. The molecule has 0 atom stereocenters. The van der Waals surface area contributed by atoms with E-state index in [1.165, 1.54) is 0 Å². The van der Waals surface area contributed by atoms with Gasteiger partial charge in [-0.05, 0) is 30.7 Å². The number of carbonyl (C=O) groups is 2. The number of rotatable bonds is 4. The number of nitrogens with one attached hydrogen (secondary N) is 3. The Labute approximate surface area is 133 Å². The molecule has 1 aliphatic rings. The number of aliphatic hydroxyl groups is 1. The summed E-state index contributed by atoms with van der Waals surface area (Å²) in [4.78, 5) is 27.1. The van der Waals surface area contributed by atoms with Gasteiger partial charge >= 0.3 is 0 Å². The van der Waals surface area contributed by atoms with E-state index < -0.39 is 0 Å². The van der Waals surface area contributed by atoms with E-state index in [9.17, 15) is 9.59 Å². The summed E-state index contributed by atoms with van der Waals surface area (Å²) in [6, 6.07) is 9.20. The molecule has 0 bridgehead atoms. The second-order valence-electron chi connectivity index (χ2n) is 5.32. The Hall–Kier alpha value is -2.86. The highest BCUT2D eigenvalue weighted by molar-refractivity contribution is 6.34. The van der Waals surface area contributed by atoms with Crippen molar-refractivity contribution in [2.45, 2.75) is 6.92 Å². The number of hydrogen-bond donors (Lipinski definition) is 4. The molecule has 0 unspecified atom stereocenters. The Balaban J connectivity index is 1.93. The van der Waals surface area contributed by atoms with Crippen LogP contribution in [0, 0.1) is 6.92 Å². The van der Waals surface area contributed by atoms with Gasteiger partial charge in [0.25, 0.3) is 11.8 Å². The second kappa shape index (κ2) is 6.10. The van der Waals surface area contributed by atoms with Gasteiger partial charge in [0.15, 0.2) is 0 Å². The fraction of sp³-hybridized carbons (Fsp3) is 0.176. The molecular formula is C17H17N3O3. The summed E-state index contributed by atoms with van der Waals surface area (Å²) in [5.41, 5.74) is 4.17. The van der Waals surface area contributed by atoms with Crippen molar-refractivity contribution in [3.8, 4) is 0 Å². The van der Waals surface area contributed by atoms with E-state index in [0.717, 1.165) is 16.8 Å². The van der Waals surface area contributed by atoms with Gasteiger partial charge in [-0.25, -0.2) is 0 Å². The van der Waals surface area contributed by atoms with Crippen LogP contribution >= 0.6 is 0 Å². The molecule has 2 amide bonds. The van der Waals surface area contributed by atoms with Crippen molar-refractivity contribution < 1.29 is 14.7 Å². The Morgan fingerprint density at radius 3 is 2.91 bits per heavy atom. The normalized spacial score (nSPS) is 14.7. The molecule has 6 heteroatoms. The molecule has 118 valence electrons.